The molecule has 0 heterocycles. The van der Waals surface area contributed by atoms with Crippen molar-refractivity contribution in [1.82, 2.24) is 15.5 Å². The molecule has 10 heteroatoms. The fourth-order valence-corrected chi connectivity index (χ4v) is 4.15. The summed E-state index contributed by atoms with van der Waals surface area (Å²) in [5.74, 6) is -1.65. The molecule has 0 spiro atoms. The number of amides is 3. The molecule has 0 saturated carbocycles. The number of nitrogens with one attached hydrogen (secondary N) is 2. The number of hydrogen-bond donors (Lipinski definition) is 3. The molecular formula is C29H39N3O7. The fraction of sp³-hybridized carbons (Fsp3) is 0.448. The number of likely N-dealkylation sites (N-methyl/N-ethyl adjacent to an activating group) is 1. The highest BCUT2D eigenvalue weighted by atomic mass is 16.6. The summed E-state index contributed by atoms with van der Waals surface area (Å²) >= 11 is 0. The van der Waals surface area contributed by atoms with Crippen LogP contribution in [0.15, 0.2) is 42.5 Å². The number of aromatic hydroxyl groups is 1. The van der Waals surface area contributed by atoms with E-state index in [2.05, 4.69) is 15.4 Å². The number of phenols is 1. The van der Waals surface area contributed by atoms with Crippen LogP contribution in [0.5, 0.6) is 5.75 Å². The van der Waals surface area contributed by atoms with Gasteiger partial charge in [-0.1, -0.05) is 41.5 Å². The summed E-state index contributed by atoms with van der Waals surface area (Å²) in [5, 5.41) is 14.9. The first-order valence-electron chi connectivity index (χ1n) is 12.7. The molecule has 0 saturated heterocycles. The van der Waals surface area contributed by atoms with E-state index in [0.29, 0.717) is 11.1 Å². The standard InChI is InChI=1S/C29H39N3O7/c1-8-32(25(26(35)30-17-24(34)38-7)21-14-18(2)13-19(3)15-21)27(36)23(31-28(37)39-29(4,5)6)16-20-9-11-22(33)12-10-20/h9-15,23,25,33H,8,16-17H2,1-7H3,(H,30,35)(H,31,37). The summed E-state index contributed by atoms with van der Waals surface area (Å²) in [7, 11) is 1.22. The number of benzene rings is 2. The quantitative estimate of drug-likeness (QED) is 0.393. The van der Waals surface area contributed by atoms with Crippen LogP contribution in [0.3, 0.4) is 0 Å². The first kappa shape index (κ1) is 31.1. The summed E-state index contributed by atoms with van der Waals surface area (Å²) in [5.41, 5.74) is 2.23. The van der Waals surface area contributed by atoms with Gasteiger partial charge in [-0.25, -0.2) is 4.79 Å². The van der Waals surface area contributed by atoms with Crippen LogP contribution in [-0.4, -0.2) is 65.7 Å². The second-order valence-electron chi connectivity index (χ2n) is 10.3. The average molecular weight is 542 g/mol. The molecule has 2 aromatic carbocycles. The zero-order chi connectivity index (χ0) is 29.3. The number of ether oxygens (including phenoxy) is 2. The largest absolute Gasteiger partial charge is 0.508 e. The van der Waals surface area contributed by atoms with E-state index in [9.17, 15) is 24.3 Å². The van der Waals surface area contributed by atoms with Crippen LogP contribution in [0.2, 0.25) is 0 Å². The third kappa shape index (κ3) is 9.63. The van der Waals surface area contributed by atoms with Crippen molar-refractivity contribution < 1.29 is 33.8 Å². The molecule has 0 bridgehead atoms. The van der Waals surface area contributed by atoms with E-state index in [-0.39, 0.29) is 25.3 Å². The average Bonchev–Trinajstić information content (AvgIpc) is 2.84. The number of methoxy groups -OCH3 is 1. The highest BCUT2D eigenvalue weighted by Crippen LogP contribution is 2.25. The highest BCUT2D eigenvalue weighted by Gasteiger charge is 2.36. The summed E-state index contributed by atoms with van der Waals surface area (Å²) in [4.78, 5) is 53.4. The smallest absolute Gasteiger partial charge is 0.408 e. The second-order valence-corrected chi connectivity index (χ2v) is 10.3. The van der Waals surface area contributed by atoms with Gasteiger partial charge in [0.05, 0.1) is 7.11 Å². The summed E-state index contributed by atoms with van der Waals surface area (Å²) in [6.07, 6.45) is -0.702. The molecule has 2 unspecified atom stereocenters. The van der Waals surface area contributed by atoms with Crippen molar-refractivity contribution in [2.24, 2.45) is 0 Å². The van der Waals surface area contributed by atoms with Gasteiger partial charge in [0.2, 0.25) is 11.8 Å². The number of phenolic OH excluding ortho intramolecular Hbond substituents is 1. The van der Waals surface area contributed by atoms with Gasteiger partial charge in [0.25, 0.3) is 0 Å². The normalized spacial score (nSPS) is 12.6. The maximum Gasteiger partial charge on any atom is 0.408 e. The molecule has 2 atom stereocenters. The van der Waals surface area contributed by atoms with Gasteiger partial charge >= 0.3 is 12.1 Å². The molecule has 0 aliphatic heterocycles. The van der Waals surface area contributed by atoms with E-state index in [1.807, 2.05) is 32.0 Å². The van der Waals surface area contributed by atoms with Crippen LogP contribution >= 0.6 is 0 Å². The molecule has 2 rings (SSSR count). The maximum atomic E-state index is 14.1. The molecule has 0 radical (unpaired) electrons. The molecule has 3 N–H and O–H groups in total. The van der Waals surface area contributed by atoms with Crippen LogP contribution in [0.4, 0.5) is 4.79 Å². The number of esters is 1. The van der Waals surface area contributed by atoms with E-state index in [4.69, 9.17) is 4.74 Å². The Labute approximate surface area is 229 Å². The number of carbonyl (C=O) groups is 4. The Kier molecular flexibility index (Phi) is 10.9. The van der Waals surface area contributed by atoms with Crippen LogP contribution < -0.4 is 10.6 Å². The van der Waals surface area contributed by atoms with Gasteiger partial charge in [-0.3, -0.25) is 14.4 Å². The van der Waals surface area contributed by atoms with E-state index in [1.165, 1.54) is 24.1 Å². The Hall–Kier alpha value is -4.08. The number of carbonyl (C=O) groups excluding carboxylic acids is 4. The monoisotopic (exact) mass is 541 g/mol. The fourth-order valence-electron chi connectivity index (χ4n) is 4.15. The van der Waals surface area contributed by atoms with Gasteiger partial charge in [-0.05, 0) is 64.8 Å². The van der Waals surface area contributed by atoms with Gasteiger partial charge in [-0.2, -0.15) is 0 Å². The minimum absolute atomic E-state index is 0.0640. The van der Waals surface area contributed by atoms with Crippen LogP contribution in [0.1, 0.15) is 56.0 Å². The molecule has 0 fully saturated rings. The maximum absolute atomic E-state index is 14.1. The van der Waals surface area contributed by atoms with E-state index >= 15 is 0 Å². The van der Waals surface area contributed by atoms with Crippen LogP contribution in [0.25, 0.3) is 0 Å². The Morgan fingerprint density at radius 2 is 1.59 bits per heavy atom. The van der Waals surface area contributed by atoms with Crippen LogP contribution in [0, 0.1) is 13.8 Å². The Bertz CT molecular complexity index is 1150. The van der Waals surface area contributed by atoms with E-state index < -0.39 is 41.6 Å². The first-order valence-corrected chi connectivity index (χ1v) is 12.7. The second kappa shape index (κ2) is 13.6. The minimum atomic E-state index is -1.09. The molecule has 39 heavy (non-hydrogen) atoms. The topological polar surface area (TPSA) is 134 Å². The third-order valence-electron chi connectivity index (χ3n) is 5.74. The SMILES string of the molecule is CCN(C(=O)C(Cc1ccc(O)cc1)NC(=O)OC(C)(C)C)C(C(=O)NCC(=O)OC)c1cc(C)cc(C)c1. The minimum Gasteiger partial charge on any atom is -0.508 e. The summed E-state index contributed by atoms with van der Waals surface area (Å²) in [6, 6.07) is 9.65. The van der Waals surface area contributed by atoms with Crippen molar-refractivity contribution in [1.29, 1.82) is 0 Å². The van der Waals surface area contributed by atoms with Crippen molar-refractivity contribution >= 4 is 23.9 Å². The van der Waals surface area contributed by atoms with Gasteiger partial charge < -0.3 is 30.1 Å². The van der Waals surface area contributed by atoms with Crippen molar-refractivity contribution in [2.75, 3.05) is 20.2 Å². The van der Waals surface area contributed by atoms with E-state index in [1.54, 1.807) is 39.8 Å². The van der Waals surface area contributed by atoms with Crippen molar-refractivity contribution in [2.45, 2.75) is 65.6 Å². The number of rotatable bonds is 10. The lowest BCUT2D eigenvalue weighted by atomic mass is 9.97. The Balaban J connectivity index is 2.51. The highest BCUT2D eigenvalue weighted by molar-refractivity contribution is 5.93. The molecule has 0 aliphatic carbocycles. The number of hydrogen-bond acceptors (Lipinski definition) is 7. The van der Waals surface area contributed by atoms with Gasteiger partial charge in [0.1, 0.15) is 30.0 Å². The Morgan fingerprint density at radius 1 is 1.00 bits per heavy atom. The number of nitrogens with zero attached hydrogens (tertiary/aromatic N) is 1. The molecule has 3 amide bonds. The molecule has 2 aromatic rings. The number of alkyl carbamates (subject to hydrolysis) is 1. The molecule has 10 nitrogen and oxygen atoms in total. The third-order valence-corrected chi connectivity index (χ3v) is 5.74. The molecular weight excluding hydrogens is 502 g/mol. The van der Waals surface area contributed by atoms with E-state index in [0.717, 1.165) is 11.1 Å². The lowest BCUT2D eigenvalue weighted by Gasteiger charge is -2.34. The molecule has 212 valence electrons. The molecule has 0 aliphatic rings. The first-order chi connectivity index (χ1) is 18.2. The summed E-state index contributed by atoms with van der Waals surface area (Å²) in [6.45, 7) is 10.4. The number of aryl methyl sites for hydroxylation is 2. The zero-order valence-electron chi connectivity index (χ0n) is 23.7. The predicted octanol–water partition coefficient (Wildman–Crippen LogP) is 3.32. The van der Waals surface area contributed by atoms with Gasteiger partial charge in [0.15, 0.2) is 0 Å². The van der Waals surface area contributed by atoms with Gasteiger partial charge in [0, 0.05) is 13.0 Å². The van der Waals surface area contributed by atoms with Gasteiger partial charge in [-0.15, -0.1) is 0 Å². The molecule has 0 aromatic heterocycles. The Morgan fingerprint density at radius 3 is 2.10 bits per heavy atom. The lowest BCUT2D eigenvalue weighted by Crippen LogP contribution is -2.54. The van der Waals surface area contributed by atoms with Crippen molar-refractivity contribution in [3.8, 4) is 5.75 Å². The van der Waals surface area contributed by atoms with Crippen LogP contribution in [-0.2, 0) is 30.3 Å². The van der Waals surface area contributed by atoms with Crippen molar-refractivity contribution in [3.63, 3.8) is 0 Å². The van der Waals surface area contributed by atoms with Crippen molar-refractivity contribution in [3.05, 3.63) is 64.7 Å². The predicted molar refractivity (Wildman–Crippen MR) is 146 cm³/mol. The lowest BCUT2D eigenvalue weighted by molar-refractivity contribution is -0.144. The zero-order valence-corrected chi connectivity index (χ0v) is 23.7. The summed E-state index contributed by atoms with van der Waals surface area (Å²) < 4.78 is 10.0.